The lowest BCUT2D eigenvalue weighted by atomic mass is 10.2. The van der Waals surface area contributed by atoms with Crippen LogP contribution in [-0.2, 0) is 10.0 Å². The van der Waals surface area contributed by atoms with Crippen molar-refractivity contribution in [3.05, 3.63) is 27.2 Å². The number of carbonyl (C=O) groups is 1. The summed E-state index contributed by atoms with van der Waals surface area (Å²) in [6, 6.07) is 2.28. The second kappa shape index (κ2) is 5.34. The van der Waals surface area contributed by atoms with Crippen molar-refractivity contribution >= 4 is 43.5 Å². The van der Waals surface area contributed by atoms with E-state index >= 15 is 0 Å². The summed E-state index contributed by atoms with van der Waals surface area (Å²) in [5.41, 5.74) is -0.266. The molecule has 0 saturated heterocycles. The maximum Gasteiger partial charge on any atom is 0.337 e. The highest BCUT2D eigenvalue weighted by atomic mass is 79.9. The maximum absolute atomic E-state index is 11.7. The standard InChI is InChI=1S/C9H9BrClNO4S/c1-2-12-17(15,16)5-3-6(9(13)14)8(11)7(10)4-5/h3-4,12H,2H2,1H3,(H,13,14). The Morgan fingerprint density at radius 2 is 2.12 bits per heavy atom. The molecule has 0 fully saturated rings. The van der Waals surface area contributed by atoms with Gasteiger partial charge in [0.2, 0.25) is 10.0 Å². The smallest absolute Gasteiger partial charge is 0.337 e. The van der Waals surface area contributed by atoms with Crippen LogP contribution >= 0.6 is 27.5 Å². The third-order valence-electron chi connectivity index (χ3n) is 1.88. The molecule has 17 heavy (non-hydrogen) atoms. The number of carboxylic acids is 1. The van der Waals surface area contributed by atoms with Crippen molar-refractivity contribution in [2.45, 2.75) is 11.8 Å². The summed E-state index contributed by atoms with van der Waals surface area (Å²) in [4.78, 5) is 10.7. The molecule has 8 heteroatoms. The topological polar surface area (TPSA) is 83.5 Å². The number of aromatic carboxylic acids is 1. The zero-order chi connectivity index (χ0) is 13.2. The summed E-state index contributed by atoms with van der Waals surface area (Å²) < 4.78 is 25.9. The average Bonchev–Trinajstić information content (AvgIpc) is 2.21. The number of rotatable bonds is 4. The van der Waals surface area contributed by atoms with Gasteiger partial charge in [-0.05, 0) is 28.1 Å². The van der Waals surface area contributed by atoms with E-state index < -0.39 is 16.0 Å². The van der Waals surface area contributed by atoms with E-state index in [1.54, 1.807) is 6.92 Å². The predicted octanol–water partition coefficient (Wildman–Crippen LogP) is 2.10. The van der Waals surface area contributed by atoms with Crippen LogP contribution in [0.4, 0.5) is 0 Å². The Morgan fingerprint density at radius 3 is 2.59 bits per heavy atom. The van der Waals surface area contributed by atoms with Crippen LogP contribution < -0.4 is 4.72 Å². The van der Waals surface area contributed by atoms with Crippen LogP contribution in [0.15, 0.2) is 21.5 Å². The first kappa shape index (κ1) is 14.4. The van der Waals surface area contributed by atoms with Gasteiger partial charge in [0, 0.05) is 11.0 Å². The van der Waals surface area contributed by atoms with Gasteiger partial charge in [-0.2, -0.15) is 0 Å². The molecule has 94 valence electrons. The van der Waals surface area contributed by atoms with Crippen molar-refractivity contribution in [2.24, 2.45) is 0 Å². The lowest BCUT2D eigenvalue weighted by molar-refractivity contribution is 0.0696. The number of hydrogen-bond donors (Lipinski definition) is 2. The van der Waals surface area contributed by atoms with Crippen molar-refractivity contribution in [2.75, 3.05) is 6.54 Å². The van der Waals surface area contributed by atoms with E-state index in [9.17, 15) is 13.2 Å². The highest BCUT2D eigenvalue weighted by molar-refractivity contribution is 9.10. The lowest BCUT2D eigenvalue weighted by Crippen LogP contribution is -2.23. The second-order valence-corrected chi connectivity index (χ2v) is 6.07. The molecule has 0 unspecified atom stereocenters. The second-order valence-electron chi connectivity index (χ2n) is 3.07. The number of hydrogen-bond acceptors (Lipinski definition) is 3. The number of halogens is 2. The van der Waals surface area contributed by atoms with Gasteiger partial charge in [-0.3, -0.25) is 0 Å². The minimum atomic E-state index is -3.71. The molecule has 2 N–H and O–H groups in total. The van der Waals surface area contributed by atoms with Crippen LogP contribution in [0, 0.1) is 0 Å². The molecule has 1 aromatic carbocycles. The quantitative estimate of drug-likeness (QED) is 0.877. The first-order valence-electron chi connectivity index (χ1n) is 4.51. The molecule has 0 heterocycles. The molecule has 0 aromatic heterocycles. The summed E-state index contributed by atoms with van der Waals surface area (Å²) in [5, 5.41) is 8.86. The molecule has 0 saturated carbocycles. The van der Waals surface area contributed by atoms with Crippen LogP contribution in [0.25, 0.3) is 0 Å². The van der Waals surface area contributed by atoms with Gasteiger partial charge in [0.05, 0.1) is 15.5 Å². The van der Waals surface area contributed by atoms with Gasteiger partial charge in [0.15, 0.2) is 0 Å². The summed E-state index contributed by atoms with van der Waals surface area (Å²) >= 11 is 8.77. The van der Waals surface area contributed by atoms with Gasteiger partial charge in [0.25, 0.3) is 0 Å². The Hall–Kier alpha value is -0.630. The first-order valence-corrected chi connectivity index (χ1v) is 7.17. The fraction of sp³-hybridized carbons (Fsp3) is 0.222. The average molecular weight is 343 g/mol. The monoisotopic (exact) mass is 341 g/mol. The Kier molecular flexibility index (Phi) is 4.54. The van der Waals surface area contributed by atoms with Crippen LogP contribution in [0.3, 0.4) is 0 Å². The van der Waals surface area contributed by atoms with Crippen molar-refractivity contribution in [1.29, 1.82) is 0 Å². The number of nitrogens with one attached hydrogen (secondary N) is 1. The molecule has 0 bridgehead atoms. The molecule has 0 atom stereocenters. The highest BCUT2D eigenvalue weighted by Crippen LogP contribution is 2.29. The van der Waals surface area contributed by atoms with Crippen molar-refractivity contribution < 1.29 is 18.3 Å². The fourth-order valence-corrected chi connectivity index (χ4v) is 3.04. The minimum absolute atomic E-state index is 0.0343. The van der Waals surface area contributed by atoms with Gasteiger partial charge in [-0.15, -0.1) is 0 Å². The molecule has 0 radical (unpaired) electrons. The third kappa shape index (κ3) is 3.19. The van der Waals surface area contributed by atoms with Crippen molar-refractivity contribution in [3.63, 3.8) is 0 Å². The summed E-state index contributed by atoms with van der Waals surface area (Å²) in [5.74, 6) is -1.29. The normalized spacial score (nSPS) is 11.5. The van der Waals surface area contributed by atoms with E-state index in [1.165, 1.54) is 6.07 Å². The zero-order valence-corrected chi connectivity index (χ0v) is 11.9. The summed E-state index contributed by atoms with van der Waals surface area (Å²) in [6.45, 7) is 1.84. The molecule has 1 aromatic rings. The zero-order valence-electron chi connectivity index (χ0n) is 8.70. The molecule has 5 nitrogen and oxygen atoms in total. The van der Waals surface area contributed by atoms with Gasteiger partial charge >= 0.3 is 5.97 Å². The largest absolute Gasteiger partial charge is 0.478 e. The molecular formula is C9H9BrClNO4S. The van der Waals surface area contributed by atoms with Gasteiger partial charge in [-0.1, -0.05) is 18.5 Å². The Labute approximate surface area is 112 Å². The molecule has 0 aliphatic heterocycles. The van der Waals surface area contributed by atoms with E-state index in [2.05, 4.69) is 20.7 Å². The number of carboxylic acid groups (broad SMARTS) is 1. The third-order valence-corrected chi connectivity index (χ3v) is 4.66. The van der Waals surface area contributed by atoms with E-state index in [0.29, 0.717) is 0 Å². The Morgan fingerprint density at radius 1 is 1.53 bits per heavy atom. The predicted molar refractivity (Wildman–Crippen MR) is 67.0 cm³/mol. The molecule has 0 amide bonds. The fourth-order valence-electron chi connectivity index (χ4n) is 1.15. The van der Waals surface area contributed by atoms with E-state index in [-0.39, 0.29) is 26.5 Å². The van der Waals surface area contributed by atoms with E-state index in [1.807, 2.05) is 0 Å². The molecule has 1 rings (SSSR count). The van der Waals surface area contributed by atoms with E-state index in [0.717, 1.165) is 6.07 Å². The van der Waals surface area contributed by atoms with Crippen LogP contribution in [0.1, 0.15) is 17.3 Å². The van der Waals surface area contributed by atoms with Crippen molar-refractivity contribution in [1.82, 2.24) is 4.72 Å². The lowest BCUT2D eigenvalue weighted by Gasteiger charge is -2.08. The van der Waals surface area contributed by atoms with E-state index in [4.69, 9.17) is 16.7 Å². The minimum Gasteiger partial charge on any atom is -0.478 e. The summed E-state index contributed by atoms with van der Waals surface area (Å²) in [7, 11) is -3.71. The highest BCUT2D eigenvalue weighted by Gasteiger charge is 2.20. The maximum atomic E-state index is 11.7. The van der Waals surface area contributed by atoms with Crippen LogP contribution in [-0.4, -0.2) is 26.0 Å². The molecular weight excluding hydrogens is 334 g/mol. The summed E-state index contributed by atoms with van der Waals surface area (Å²) in [6.07, 6.45) is 0. The number of sulfonamides is 1. The molecule has 0 aliphatic carbocycles. The first-order chi connectivity index (χ1) is 7.79. The number of benzene rings is 1. The van der Waals surface area contributed by atoms with Crippen LogP contribution in [0.2, 0.25) is 5.02 Å². The van der Waals surface area contributed by atoms with Crippen molar-refractivity contribution in [3.8, 4) is 0 Å². The Balaban J connectivity index is 3.44. The van der Waals surface area contributed by atoms with Gasteiger partial charge in [-0.25, -0.2) is 17.9 Å². The molecule has 0 spiro atoms. The SMILES string of the molecule is CCNS(=O)(=O)c1cc(Br)c(Cl)c(C(=O)O)c1. The van der Waals surface area contributed by atoms with Gasteiger partial charge < -0.3 is 5.11 Å². The van der Waals surface area contributed by atoms with Gasteiger partial charge in [0.1, 0.15) is 0 Å². The Bertz CT molecular complexity index is 558. The molecule has 0 aliphatic rings. The van der Waals surface area contributed by atoms with Crippen LogP contribution in [0.5, 0.6) is 0 Å².